The third kappa shape index (κ3) is 2.60. The molecule has 0 fully saturated rings. The maximum atomic E-state index is 3.56. The first kappa shape index (κ1) is 12.9. The molecule has 19 heavy (non-hydrogen) atoms. The van der Waals surface area contributed by atoms with Crippen LogP contribution in [0.2, 0.25) is 0 Å². The molecular weight excluding hydrogens is 298 g/mol. The summed E-state index contributed by atoms with van der Waals surface area (Å²) in [6, 6.07) is 16.0. The smallest absolute Gasteiger partial charge is 0.0326 e. The van der Waals surface area contributed by atoms with E-state index in [0.717, 1.165) is 11.0 Å². The topological polar surface area (TPSA) is 12.0 Å². The molecule has 2 aromatic carbocycles. The molecule has 0 heterocycles. The van der Waals surface area contributed by atoms with Crippen molar-refractivity contribution in [2.45, 2.75) is 25.8 Å². The predicted octanol–water partition coefficient (Wildman–Crippen LogP) is 4.71. The molecule has 1 nitrogen and oxygen atoms in total. The molecule has 1 aliphatic rings. The SMILES string of the molecule is CCNC1CCc2cc(-c3ccc(Br)cc3)ccc21. The normalized spacial score (nSPS) is 17.5. The summed E-state index contributed by atoms with van der Waals surface area (Å²) >= 11 is 3.48. The fourth-order valence-corrected chi connectivity index (χ4v) is 3.16. The van der Waals surface area contributed by atoms with Crippen LogP contribution in [0.3, 0.4) is 0 Å². The lowest BCUT2D eigenvalue weighted by Gasteiger charge is -2.12. The Morgan fingerprint density at radius 1 is 1.11 bits per heavy atom. The second-order valence-corrected chi connectivity index (χ2v) is 5.99. The van der Waals surface area contributed by atoms with Crippen LogP contribution in [0.15, 0.2) is 46.9 Å². The quantitative estimate of drug-likeness (QED) is 0.864. The Kier molecular flexibility index (Phi) is 3.72. The zero-order valence-electron chi connectivity index (χ0n) is 11.1. The molecule has 98 valence electrons. The number of hydrogen-bond donors (Lipinski definition) is 1. The molecule has 0 saturated heterocycles. The molecule has 2 aromatic rings. The number of fused-ring (bicyclic) bond motifs is 1. The van der Waals surface area contributed by atoms with Gasteiger partial charge >= 0.3 is 0 Å². The number of hydrogen-bond acceptors (Lipinski definition) is 1. The Labute approximate surface area is 123 Å². The third-order valence-corrected chi connectivity index (χ3v) is 4.38. The Hall–Kier alpha value is -1.12. The maximum Gasteiger partial charge on any atom is 0.0326 e. The summed E-state index contributed by atoms with van der Waals surface area (Å²) in [5, 5.41) is 3.56. The van der Waals surface area contributed by atoms with E-state index in [1.807, 2.05) is 0 Å². The molecular formula is C17H18BrN. The maximum absolute atomic E-state index is 3.56. The Morgan fingerprint density at radius 2 is 1.84 bits per heavy atom. The van der Waals surface area contributed by atoms with E-state index >= 15 is 0 Å². The average Bonchev–Trinajstić information content (AvgIpc) is 2.83. The highest BCUT2D eigenvalue weighted by atomic mass is 79.9. The minimum Gasteiger partial charge on any atom is -0.310 e. The van der Waals surface area contributed by atoms with Gasteiger partial charge in [0.25, 0.3) is 0 Å². The second-order valence-electron chi connectivity index (χ2n) is 5.07. The van der Waals surface area contributed by atoms with Gasteiger partial charge in [-0.25, -0.2) is 0 Å². The van der Waals surface area contributed by atoms with Gasteiger partial charge in [0.15, 0.2) is 0 Å². The first-order chi connectivity index (χ1) is 9.28. The van der Waals surface area contributed by atoms with Crippen molar-refractivity contribution in [3.63, 3.8) is 0 Å². The molecule has 1 aliphatic carbocycles. The molecule has 0 amide bonds. The summed E-state index contributed by atoms with van der Waals surface area (Å²) in [6.07, 6.45) is 2.42. The highest BCUT2D eigenvalue weighted by Gasteiger charge is 2.21. The van der Waals surface area contributed by atoms with Gasteiger partial charge in [-0.15, -0.1) is 0 Å². The zero-order chi connectivity index (χ0) is 13.2. The predicted molar refractivity (Wildman–Crippen MR) is 84.3 cm³/mol. The van der Waals surface area contributed by atoms with Crippen molar-refractivity contribution in [3.05, 3.63) is 58.1 Å². The van der Waals surface area contributed by atoms with Crippen LogP contribution in [-0.2, 0) is 6.42 Å². The van der Waals surface area contributed by atoms with Crippen LogP contribution in [0.1, 0.15) is 30.5 Å². The molecule has 1 atom stereocenters. The lowest BCUT2D eigenvalue weighted by Crippen LogP contribution is -2.18. The van der Waals surface area contributed by atoms with Crippen LogP contribution >= 0.6 is 15.9 Å². The molecule has 0 bridgehead atoms. The zero-order valence-corrected chi connectivity index (χ0v) is 12.7. The largest absolute Gasteiger partial charge is 0.310 e. The summed E-state index contributed by atoms with van der Waals surface area (Å²) in [7, 11) is 0. The third-order valence-electron chi connectivity index (χ3n) is 3.85. The monoisotopic (exact) mass is 315 g/mol. The standard InChI is InChI=1S/C17H18BrN/c1-2-19-17-10-6-14-11-13(5-9-16(14)17)12-3-7-15(18)8-4-12/h3-5,7-9,11,17,19H,2,6,10H2,1H3. The van der Waals surface area contributed by atoms with Gasteiger partial charge < -0.3 is 5.32 Å². The molecule has 1 unspecified atom stereocenters. The lowest BCUT2D eigenvalue weighted by molar-refractivity contribution is 0.549. The van der Waals surface area contributed by atoms with Gasteiger partial charge in [0.2, 0.25) is 0 Å². The first-order valence-corrected chi connectivity index (χ1v) is 7.69. The van der Waals surface area contributed by atoms with Crippen molar-refractivity contribution in [3.8, 4) is 11.1 Å². The van der Waals surface area contributed by atoms with E-state index in [4.69, 9.17) is 0 Å². The van der Waals surface area contributed by atoms with Gasteiger partial charge in [-0.3, -0.25) is 0 Å². The van der Waals surface area contributed by atoms with Crippen LogP contribution in [0, 0.1) is 0 Å². The van der Waals surface area contributed by atoms with Crippen LogP contribution < -0.4 is 5.32 Å². The van der Waals surface area contributed by atoms with Crippen molar-refractivity contribution >= 4 is 15.9 Å². The van der Waals surface area contributed by atoms with E-state index in [1.165, 1.54) is 35.1 Å². The number of halogens is 1. The summed E-state index contributed by atoms with van der Waals surface area (Å²) in [5.41, 5.74) is 5.61. The molecule has 0 spiro atoms. The van der Waals surface area contributed by atoms with Crippen molar-refractivity contribution in [2.24, 2.45) is 0 Å². The summed E-state index contributed by atoms with van der Waals surface area (Å²) < 4.78 is 1.13. The van der Waals surface area contributed by atoms with Crippen LogP contribution in [0.5, 0.6) is 0 Å². The minimum absolute atomic E-state index is 0.555. The number of nitrogens with one attached hydrogen (secondary N) is 1. The van der Waals surface area contributed by atoms with Crippen LogP contribution in [-0.4, -0.2) is 6.54 Å². The van der Waals surface area contributed by atoms with Gasteiger partial charge in [0, 0.05) is 10.5 Å². The van der Waals surface area contributed by atoms with Crippen molar-refractivity contribution < 1.29 is 0 Å². The van der Waals surface area contributed by atoms with Gasteiger partial charge in [-0.1, -0.05) is 53.2 Å². The highest BCUT2D eigenvalue weighted by Crippen LogP contribution is 2.34. The van der Waals surface area contributed by atoms with E-state index in [2.05, 4.69) is 70.6 Å². The molecule has 2 heteroatoms. The molecule has 0 aliphatic heterocycles. The number of benzene rings is 2. The van der Waals surface area contributed by atoms with Crippen molar-refractivity contribution in [1.29, 1.82) is 0 Å². The van der Waals surface area contributed by atoms with E-state index < -0.39 is 0 Å². The van der Waals surface area contributed by atoms with Crippen LogP contribution in [0.4, 0.5) is 0 Å². The van der Waals surface area contributed by atoms with E-state index in [1.54, 1.807) is 0 Å². The Balaban J connectivity index is 1.92. The van der Waals surface area contributed by atoms with E-state index in [-0.39, 0.29) is 0 Å². The Morgan fingerprint density at radius 3 is 2.58 bits per heavy atom. The summed E-state index contributed by atoms with van der Waals surface area (Å²) in [4.78, 5) is 0. The molecule has 0 saturated carbocycles. The molecule has 0 radical (unpaired) electrons. The van der Waals surface area contributed by atoms with Gasteiger partial charge in [-0.2, -0.15) is 0 Å². The fourth-order valence-electron chi connectivity index (χ4n) is 2.90. The van der Waals surface area contributed by atoms with Gasteiger partial charge in [-0.05, 0) is 53.8 Å². The van der Waals surface area contributed by atoms with Crippen LogP contribution in [0.25, 0.3) is 11.1 Å². The van der Waals surface area contributed by atoms with Crippen molar-refractivity contribution in [2.75, 3.05) is 6.54 Å². The van der Waals surface area contributed by atoms with E-state index in [0.29, 0.717) is 6.04 Å². The lowest BCUT2D eigenvalue weighted by atomic mass is 10.00. The van der Waals surface area contributed by atoms with Crippen molar-refractivity contribution in [1.82, 2.24) is 5.32 Å². The summed E-state index contributed by atoms with van der Waals surface area (Å²) in [6.45, 7) is 3.22. The first-order valence-electron chi connectivity index (χ1n) is 6.90. The number of rotatable bonds is 3. The molecule has 3 rings (SSSR count). The fraction of sp³-hybridized carbons (Fsp3) is 0.294. The Bertz CT molecular complexity index is 574. The summed E-state index contributed by atoms with van der Waals surface area (Å²) in [5.74, 6) is 0. The number of aryl methyl sites for hydroxylation is 1. The minimum atomic E-state index is 0.555. The second kappa shape index (κ2) is 5.48. The average molecular weight is 316 g/mol. The van der Waals surface area contributed by atoms with Gasteiger partial charge in [0.05, 0.1) is 0 Å². The molecule has 1 N–H and O–H groups in total. The molecule has 0 aromatic heterocycles. The highest BCUT2D eigenvalue weighted by molar-refractivity contribution is 9.10. The van der Waals surface area contributed by atoms with E-state index in [9.17, 15) is 0 Å². The van der Waals surface area contributed by atoms with Gasteiger partial charge in [0.1, 0.15) is 0 Å².